The monoisotopic (exact) mass is 405 g/mol. The molecule has 0 spiro atoms. The van der Waals surface area contributed by atoms with Crippen molar-refractivity contribution in [1.82, 2.24) is 3.96 Å². The highest BCUT2D eigenvalue weighted by atomic mass is 35.5. The highest BCUT2D eigenvalue weighted by Gasteiger charge is 2.17. The summed E-state index contributed by atoms with van der Waals surface area (Å²) >= 11 is 7.50. The molecular weight excluding hydrogens is 382 g/mol. The van der Waals surface area contributed by atoms with Crippen molar-refractivity contribution in [3.8, 4) is 11.8 Å². The summed E-state index contributed by atoms with van der Waals surface area (Å²) in [6.07, 6.45) is 5.08. The molecule has 0 aliphatic heterocycles. The largest absolute Gasteiger partial charge is 0.496 e. The summed E-state index contributed by atoms with van der Waals surface area (Å²) in [5, 5.41) is 9.17. The number of nitriles is 1. The van der Waals surface area contributed by atoms with Crippen LogP contribution in [-0.4, -0.2) is 17.0 Å². The van der Waals surface area contributed by atoms with Gasteiger partial charge >= 0.3 is 0 Å². The van der Waals surface area contributed by atoms with E-state index in [-0.39, 0.29) is 11.4 Å². The number of nitrogens with zero attached hydrogens (tertiary/aromatic N) is 3. The van der Waals surface area contributed by atoms with E-state index in [0.29, 0.717) is 27.4 Å². The number of amides is 1. The van der Waals surface area contributed by atoms with E-state index in [1.54, 1.807) is 18.2 Å². The highest BCUT2D eigenvalue weighted by Crippen LogP contribution is 2.24. The highest BCUT2D eigenvalue weighted by molar-refractivity contribution is 7.04. The molecule has 0 unspecified atom stereocenters. The van der Waals surface area contributed by atoms with Crippen molar-refractivity contribution in [1.29, 1.82) is 5.26 Å². The number of hydrogen-bond acceptors (Lipinski definition) is 4. The molecule has 0 aliphatic carbocycles. The Balaban J connectivity index is 2.42. The zero-order valence-electron chi connectivity index (χ0n) is 16.1. The molecule has 0 fully saturated rings. The minimum atomic E-state index is -0.379. The number of ether oxygens (including phenoxy) is 1. The van der Waals surface area contributed by atoms with E-state index in [4.69, 9.17) is 21.6 Å². The van der Waals surface area contributed by atoms with Crippen LogP contribution in [0.4, 0.5) is 0 Å². The van der Waals surface area contributed by atoms with Crippen molar-refractivity contribution in [2.75, 3.05) is 7.11 Å². The van der Waals surface area contributed by atoms with Crippen molar-refractivity contribution < 1.29 is 9.53 Å². The van der Waals surface area contributed by atoms with Gasteiger partial charge in [0.15, 0.2) is 0 Å². The van der Waals surface area contributed by atoms with E-state index >= 15 is 0 Å². The van der Waals surface area contributed by atoms with Gasteiger partial charge in [-0.05, 0) is 69.8 Å². The van der Waals surface area contributed by atoms with Gasteiger partial charge in [0.05, 0.1) is 18.7 Å². The third-order valence-corrected chi connectivity index (χ3v) is 5.58. The average Bonchev–Trinajstić information content (AvgIpc) is 3.01. The van der Waals surface area contributed by atoms with Crippen molar-refractivity contribution >= 4 is 29.0 Å². The molecule has 2 aromatic rings. The molecule has 0 N–H and O–H groups in total. The number of unbranched alkanes of at least 4 members (excludes halogenated alkanes) is 2. The first-order valence-electron chi connectivity index (χ1n) is 8.78. The molecule has 27 heavy (non-hydrogen) atoms. The van der Waals surface area contributed by atoms with Gasteiger partial charge in [-0.25, -0.2) is 0 Å². The van der Waals surface area contributed by atoms with Crippen LogP contribution in [0.25, 0.3) is 0 Å². The van der Waals surface area contributed by atoms with Crippen LogP contribution in [0.3, 0.4) is 0 Å². The Labute approximate surface area is 169 Å². The number of aryl methyl sites for hydroxylation is 1. The lowest BCUT2D eigenvalue weighted by molar-refractivity contribution is 0.0996. The number of methoxy groups -OCH3 is 1. The van der Waals surface area contributed by atoms with E-state index < -0.39 is 0 Å². The van der Waals surface area contributed by atoms with E-state index in [1.807, 2.05) is 0 Å². The van der Waals surface area contributed by atoms with Gasteiger partial charge in [-0.15, -0.1) is 0 Å². The Bertz CT molecular complexity index is 917. The minimum absolute atomic E-state index is 0.101. The number of carbonyl (C=O) groups is 1. The zero-order chi connectivity index (χ0) is 20.0. The first-order valence-corrected chi connectivity index (χ1v) is 9.93. The molecule has 0 aliphatic rings. The Morgan fingerprint density at radius 3 is 2.74 bits per heavy atom. The predicted molar refractivity (Wildman–Crippen MR) is 108 cm³/mol. The maximum Gasteiger partial charge on any atom is 0.282 e. The lowest BCUT2D eigenvalue weighted by atomic mass is 10.1. The summed E-state index contributed by atoms with van der Waals surface area (Å²) in [6.45, 7) is 6.32. The fourth-order valence-corrected chi connectivity index (χ4v) is 3.70. The quantitative estimate of drug-likeness (QED) is 0.639. The molecule has 1 amide bonds. The molecule has 144 valence electrons. The molecule has 7 heteroatoms. The molecule has 1 aromatic carbocycles. The third kappa shape index (κ3) is 5.69. The molecular formula is C20H24ClN3O2S. The van der Waals surface area contributed by atoms with Gasteiger partial charge in [-0.2, -0.15) is 10.3 Å². The van der Waals surface area contributed by atoms with E-state index in [2.05, 4.69) is 42.0 Å². The first-order chi connectivity index (χ1) is 12.8. The minimum Gasteiger partial charge on any atom is -0.496 e. The zero-order valence-corrected chi connectivity index (χ0v) is 17.7. The van der Waals surface area contributed by atoms with Crippen molar-refractivity contribution in [2.45, 2.75) is 52.0 Å². The predicted octanol–water partition coefficient (Wildman–Crippen LogP) is 4.94. The number of halogens is 1. The lowest BCUT2D eigenvalue weighted by Gasteiger charge is -2.19. The number of aromatic nitrogens is 1. The number of hydrogen-bond donors (Lipinski definition) is 0. The molecule has 2 rings (SSSR count). The number of benzene rings is 1. The summed E-state index contributed by atoms with van der Waals surface area (Å²) in [4.78, 5) is 17.1. The standard InChI is InChI=1S/C20H24ClN3O2S/c1-20(2,3)24-13-14(8-6-5-7-11-22)19(27-24)23-18(25)16-12-15(21)9-10-17(16)26-4/h9-10,12-13H,5-8H2,1-4H3/b23-19-. The second-order valence-corrected chi connectivity index (χ2v) is 8.57. The van der Waals surface area contributed by atoms with Crippen LogP contribution in [0.1, 0.15) is 56.0 Å². The van der Waals surface area contributed by atoms with Crippen LogP contribution in [0.15, 0.2) is 29.4 Å². The van der Waals surface area contributed by atoms with Gasteiger partial charge in [-0.1, -0.05) is 11.6 Å². The molecule has 0 bridgehead atoms. The summed E-state index contributed by atoms with van der Waals surface area (Å²) in [7, 11) is 1.51. The van der Waals surface area contributed by atoms with Crippen LogP contribution in [0.5, 0.6) is 5.75 Å². The van der Waals surface area contributed by atoms with E-state index in [9.17, 15) is 4.79 Å². The fourth-order valence-electron chi connectivity index (χ4n) is 2.49. The Hall–Kier alpha value is -2.10. The van der Waals surface area contributed by atoms with Gasteiger partial charge in [0, 0.05) is 28.7 Å². The van der Waals surface area contributed by atoms with Gasteiger partial charge in [0.1, 0.15) is 10.4 Å². The Morgan fingerprint density at radius 2 is 2.11 bits per heavy atom. The SMILES string of the molecule is COc1ccc(Cl)cc1C(=O)/N=c1\sn(C(C)(C)C)cc1CCCCC#N. The lowest BCUT2D eigenvalue weighted by Crippen LogP contribution is -2.18. The van der Waals surface area contributed by atoms with Crippen LogP contribution in [0, 0.1) is 11.3 Å². The number of rotatable bonds is 6. The summed E-state index contributed by atoms with van der Waals surface area (Å²) < 4.78 is 8.06. The van der Waals surface area contributed by atoms with Gasteiger partial charge in [0.2, 0.25) is 0 Å². The average molecular weight is 406 g/mol. The van der Waals surface area contributed by atoms with Crippen LogP contribution in [-0.2, 0) is 12.0 Å². The third-order valence-electron chi connectivity index (χ3n) is 3.97. The fraction of sp³-hybridized carbons (Fsp3) is 0.450. The normalized spacial score (nSPS) is 12.1. The Morgan fingerprint density at radius 1 is 1.37 bits per heavy atom. The molecule has 1 heterocycles. The Kier molecular flexibility index (Phi) is 7.23. The molecule has 1 aromatic heterocycles. The first kappa shape index (κ1) is 21.2. The van der Waals surface area contributed by atoms with Gasteiger partial charge < -0.3 is 4.74 Å². The summed E-state index contributed by atoms with van der Waals surface area (Å²) in [5.41, 5.74) is 1.26. The molecule has 0 radical (unpaired) electrons. The van der Waals surface area contributed by atoms with E-state index in [1.165, 1.54) is 18.6 Å². The topological polar surface area (TPSA) is 67.4 Å². The second kappa shape index (κ2) is 9.20. The summed E-state index contributed by atoms with van der Waals surface area (Å²) in [5.74, 6) is 0.0690. The molecule has 0 atom stereocenters. The maximum absolute atomic E-state index is 12.8. The van der Waals surface area contributed by atoms with Crippen LogP contribution < -0.4 is 9.41 Å². The van der Waals surface area contributed by atoms with Crippen molar-refractivity contribution in [3.05, 3.63) is 45.2 Å². The molecule has 0 saturated heterocycles. The van der Waals surface area contributed by atoms with Gasteiger partial charge in [0.25, 0.3) is 5.91 Å². The second-order valence-electron chi connectivity index (χ2n) is 7.17. The van der Waals surface area contributed by atoms with Crippen molar-refractivity contribution in [2.24, 2.45) is 4.99 Å². The molecule has 0 saturated carbocycles. The summed E-state index contributed by atoms with van der Waals surface area (Å²) in [6, 6.07) is 7.08. The van der Waals surface area contributed by atoms with Crippen LogP contribution >= 0.6 is 23.1 Å². The van der Waals surface area contributed by atoms with Crippen LogP contribution in [0.2, 0.25) is 5.02 Å². The number of carbonyl (C=O) groups excluding carboxylic acids is 1. The molecule has 5 nitrogen and oxygen atoms in total. The van der Waals surface area contributed by atoms with Gasteiger partial charge in [-0.3, -0.25) is 8.75 Å². The smallest absolute Gasteiger partial charge is 0.282 e. The van der Waals surface area contributed by atoms with Crippen molar-refractivity contribution in [3.63, 3.8) is 0 Å². The van der Waals surface area contributed by atoms with E-state index in [0.717, 1.165) is 24.8 Å². The maximum atomic E-state index is 12.8.